The second kappa shape index (κ2) is 11.2. The van der Waals surface area contributed by atoms with Crippen molar-refractivity contribution in [2.24, 2.45) is 0 Å². The van der Waals surface area contributed by atoms with Crippen LogP contribution in [-0.2, 0) is 40.2 Å². The fourth-order valence-electron chi connectivity index (χ4n) is 0.555. The van der Waals surface area contributed by atoms with E-state index in [1.54, 1.807) is 0 Å². The minimum atomic E-state index is -0.312. The fraction of sp³-hybridized carbons (Fsp3) is 0.400. The molecule has 0 heterocycles. The van der Waals surface area contributed by atoms with Gasteiger partial charge < -0.3 is 23.4 Å². The van der Waals surface area contributed by atoms with Gasteiger partial charge in [-0.1, -0.05) is 0 Å². The van der Waals surface area contributed by atoms with Crippen LogP contribution in [-0.4, -0.2) is 23.1 Å². The quantitative estimate of drug-likeness (QED) is 0.532. The van der Waals surface area contributed by atoms with Crippen LogP contribution >= 0.6 is 0 Å². The van der Waals surface area contributed by atoms with Gasteiger partial charge in [0.15, 0.2) is 0 Å². The van der Waals surface area contributed by atoms with Crippen LogP contribution in [0.5, 0.6) is 0 Å². The average Bonchev–Trinajstić information content (AvgIpc) is 1.79. The van der Waals surface area contributed by atoms with E-state index in [1.807, 2.05) is 0 Å². The van der Waals surface area contributed by atoms with Gasteiger partial charge in [-0.05, 0) is 13.8 Å². The molecule has 0 radical (unpaired) electrons. The number of rotatable bonds is 4. The van der Waals surface area contributed by atoms with Gasteiger partial charge in [0.25, 0.3) is 0 Å². The second-order valence-electron chi connectivity index (χ2n) is 2.83. The Morgan fingerprint density at radius 1 is 0.800 bits per heavy atom. The third-order valence-corrected chi connectivity index (χ3v) is 0.892. The molecule has 0 atom stereocenters. The van der Waals surface area contributed by atoms with Gasteiger partial charge in [-0.2, -0.15) is 0 Å². The Bertz CT molecular complexity index is 196. The van der Waals surface area contributed by atoms with Crippen molar-refractivity contribution < 1.29 is 40.2 Å². The Morgan fingerprint density at radius 2 is 1.00 bits per heavy atom. The van der Waals surface area contributed by atoms with Gasteiger partial charge in [0.2, 0.25) is 0 Å². The first kappa shape index (κ1) is 19.6. The van der Waals surface area contributed by atoms with Crippen molar-refractivity contribution in [1.82, 2.24) is 0 Å². The number of ketones is 4. The smallest absolute Gasteiger partial charge is 0.339 e. The summed E-state index contributed by atoms with van der Waals surface area (Å²) < 4.78 is 0. The van der Waals surface area contributed by atoms with Gasteiger partial charge >= 0.3 is 21.1 Å². The maximum atomic E-state index is 9.99. The molecule has 0 N–H and O–H groups in total. The number of Topliss-reactive ketones (excluding diaryl/α,β-unsaturated/α-hetero) is 4. The maximum absolute atomic E-state index is 9.99. The van der Waals surface area contributed by atoms with Crippen molar-refractivity contribution in [3.63, 3.8) is 0 Å². The molecule has 0 bridgehead atoms. The minimum Gasteiger partial charge on any atom is -0.339 e. The summed E-state index contributed by atoms with van der Waals surface area (Å²) in [5.41, 5.74) is 0. The van der Waals surface area contributed by atoms with Crippen LogP contribution in [0.4, 0.5) is 0 Å². The van der Waals surface area contributed by atoms with E-state index in [2.05, 4.69) is 13.8 Å². The molecular formula is C10H14O4W. The first-order chi connectivity index (χ1) is 6.25. The third-order valence-electron chi connectivity index (χ3n) is 0.892. The van der Waals surface area contributed by atoms with E-state index < -0.39 is 0 Å². The molecule has 0 aromatic rings. The molecule has 0 aromatic heterocycles. The maximum Gasteiger partial charge on any atom is 2.00 e. The van der Waals surface area contributed by atoms with Crippen molar-refractivity contribution >= 4 is 23.1 Å². The number of carbonyl (C=O) groups excluding carboxylic acids is 4. The van der Waals surface area contributed by atoms with Crippen LogP contribution in [0.1, 0.15) is 26.7 Å². The first-order valence-corrected chi connectivity index (χ1v) is 3.94. The molecule has 84 valence electrons. The number of hydrogen-bond acceptors (Lipinski definition) is 4. The Balaban J connectivity index is -0.000000180. The molecule has 0 rings (SSSR count). The van der Waals surface area contributed by atoms with Crippen LogP contribution in [0.2, 0.25) is 0 Å². The van der Waals surface area contributed by atoms with Gasteiger partial charge in [0.05, 0.1) is 0 Å². The normalized spacial score (nSPS) is 7.60. The third kappa shape index (κ3) is 32.0. The van der Waals surface area contributed by atoms with Gasteiger partial charge in [-0.3, -0.25) is 9.59 Å². The van der Waals surface area contributed by atoms with Crippen LogP contribution in [0.25, 0.3) is 0 Å². The van der Waals surface area contributed by atoms with Crippen LogP contribution in [0.3, 0.4) is 0 Å². The van der Waals surface area contributed by atoms with Crippen LogP contribution in [0.15, 0.2) is 0 Å². The zero-order chi connectivity index (χ0) is 11.7. The summed E-state index contributed by atoms with van der Waals surface area (Å²) in [5.74, 6) is -0.875. The summed E-state index contributed by atoms with van der Waals surface area (Å²) in [6.07, 6.45) is -0.0556. The Kier molecular flexibility index (Phi) is 14.6. The Morgan fingerprint density at radius 3 is 1.00 bits per heavy atom. The fourth-order valence-corrected chi connectivity index (χ4v) is 0.555. The molecule has 5 heteroatoms. The summed E-state index contributed by atoms with van der Waals surface area (Å²) >= 11 is 0. The Labute approximate surface area is 104 Å². The summed E-state index contributed by atoms with van der Waals surface area (Å²) in [6.45, 7) is 8.77. The molecule has 0 fully saturated rings. The predicted octanol–water partition coefficient (Wildman–Crippen LogP) is 0.735. The SMILES string of the molecule is [CH2-]C(=O)CC(C)=O.[CH2-]C(=O)CC(C)=O.[W+2]. The van der Waals surface area contributed by atoms with Gasteiger partial charge in [-0.25, -0.2) is 0 Å². The van der Waals surface area contributed by atoms with E-state index in [0.29, 0.717) is 0 Å². The topological polar surface area (TPSA) is 68.3 Å². The Hall–Kier alpha value is -0.892. The summed E-state index contributed by atoms with van der Waals surface area (Å²) in [7, 11) is 0. The molecule has 0 aliphatic rings. The van der Waals surface area contributed by atoms with Gasteiger partial charge in [0.1, 0.15) is 11.6 Å². The monoisotopic (exact) mass is 382 g/mol. The largest absolute Gasteiger partial charge is 2.00 e. The van der Waals surface area contributed by atoms with E-state index >= 15 is 0 Å². The van der Waals surface area contributed by atoms with Crippen LogP contribution in [0, 0.1) is 13.8 Å². The molecule has 0 saturated heterocycles. The van der Waals surface area contributed by atoms with Crippen molar-refractivity contribution in [2.75, 3.05) is 0 Å². The summed E-state index contributed by atoms with van der Waals surface area (Å²) in [4.78, 5) is 39.8. The van der Waals surface area contributed by atoms with E-state index in [9.17, 15) is 19.2 Å². The standard InChI is InChI=1S/2C5H7O2.W/c2*1-4(6)3-5(2)7;/h2*1,3H2,2H3;/q2*-1;+2. The van der Waals surface area contributed by atoms with Gasteiger partial charge in [-0.15, -0.1) is 0 Å². The average molecular weight is 382 g/mol. The van der Waals surface area contributed by atoms with E-state index in [-0.39, 0.29) is 57.0 Å². The minimum absolute atomic E-state index is 0. The molecule has 0 aliphatic carbocycles. The molecular weight excluding hydrogens is 368 g/mol. The molecule has 4 nitrogen and oxygen atoms in total. The second-order valence-corrected chi connectivity index (χ2v) is 2.83. The van der Waals surface area contributed by atoms with E-state index in [4.69, 9.17) is 0 Å². The molecule has 0 aliphatic heterocycles. The van der Waals surface area contributed by atoms with Crippen molar-refractivity contribution in [3.05, 3.63) is 13.8 Å². The zero-order valence-corrected chi connectivity index (χ0v) is 11.8. The summed E-state index contributed by atoms with van der Waals surface area (Å²) in [5, 5.41) is 0. The van der Waals surface area contributed by atoms with Gasteiger partial charge in [0, 0.05) is 24.4 Å². The van der Waals surface area contributed by atoms with E-state index in [0.717, 1.165) is 0 Å². The molecule has 0 spiro atoms. The van der Waals surface area contributed by atoms with E-state index in [1.165, 1.54) is 13.8 Å². The molecule has 0 unspecified atom stereocenters. The predicted molar refractivity (Wildman–Crippen MR) is 51.3 cm³/mol. The first-order valence-electron chi connectivity index (χ1n) is 3.94. The molecule has 0 saturated carbocycles. The number of carbonyl (C=O) groups is 4. The van der Waals surface area contributed by atoms with Crippen LogP contribution < -0.4 is 0 Å². The zero-order valence-electron chi connectivity index (χ0n) is 8.87. The molecule has 0 amide bonds. The molecule has 0 aromatic carbocycles. The van der Waals surface area contributed by atoms with Crippen molar-refractivity contribution in [1.29, 1.82) is 0 Å². The summed E-state index contributed by atoms with van der Waals surface area (Å²) in [6, 6.07) is 0. The number of hydrogen-bond donors (Lipinski definition) is 0. The molecule has 15 heavy (non-hydrogen) atoms. The van der Waals surface area contributed by atoms with Crippen molar-refractivity contribution in [3.8, 4) is 0 Å². The van der Waals surface area contributed by atoms with Crippen molar-refractivity contribution in [2.45, 2.75) is 26.7 Å².